The Morgan fingerprint density at radius 2 is 1.88 bits per heavy atom. The van der Waals surface area contributed by atoms with Crippen molar-refractivity contribution in [3.05, 3.63) is 53.3 Å². The Hall–Kier alpha value is -1.87. The van der Waals surface area contributed by atoms with Gasteiger partial charge in [-0.2, -0.15) is 18.3 Å². The average Bonchev–Trinajstić information content (AvgIpc) is 3.01. The lowest BCUT2D eigenvalue weighted by Gasteiger charge is -2.31. The fourth-order valence-electron chi connectivity index (χ4n) is 3.18. The van der Waals surface area contributed by atoms with E-state index in [1.165, 1.54) is 16.4 Å². The van der Waals surface area contributed by atoms with Gasteiger partial charge in [0, 0.05) is 32.3 Å². The van der Waals surface area contributed by atoms with E-state index in [0.717, 1.165) is 30.7 Å². The molecule has 142 valence electrons. The van der Waals surface area contributed by atoms with E-state index < -0.39 is 21.8 Å². The number of piperidine rings is 1. The first kappa shape index (κ1) is 18.9. The number of aryl methyl sites for hydroxylation is 1. The van der Waals surface area contributed by atoms with Crippen molar-refractivity contribution in [2.75, 3.05) is 13.1 Å². The normalized spacial score (nSPS) is 19.6. The van der Waals surface area contributed by atoms with E-state index in [2.05, 4.69) is 5.10 Å². The third-order valence-corrected chi connectivity index (χ3v) is 6.38. The van der Waals surface area contributed by atoms with Gasteiger partial charge in [-0.15, -0.1) is 0 Å². The molecule has 26 heavy (non-hydrogen) atoms. The number of hydrogen-bond acceptors (Lipinski definition) is 3. The van der Waals surface area contributed by atoms with E-state index in [9.17, 15) is 21.6 Å². The maximum atomic E-state index is 12.7. The highest BCUT2D eigenvalue weighted by Crippen LogP contribution is 2.30. The summed E-state index contributed by atoms with van der Waals surface area (Å²) in [5.74, 6) is -0.271. The van der Waals surface area contributed by atoms with Crippen molar-refractivity contribution in [1.29, 1.82) is 0 Å². The lowest BCUT2D eigenvalue weighted by Crippen LogP contribution is -2.39. The first-order valence-electron chi connectivity index (χ1n) is 8.29. The van der Waals surface area contributed by atoms with Gasteiger partial charge in [0.2, 0.25) is 10.0 Å². The minimum Gasteiger partial charge on any atom is -0.276 e. The van der Waals surface area contributed by atoms with Crippen molar-refractivity contribution >= 4 is 10.0 Å². The number of aromatic nitrogens is 2. The second-order valence-electron chi connectivity index (χ2n) is 6.56. The molecular weight excluding hydrogens is 367 g/mol. The number of nitrogens with zero attached hydrogens (tertiary/aromatic N) is 3. The van der Waals surface area contributed by atoms with E-state index in [0.29, 0.717) is 18.7 Å². The van der Waals surface area contributed by atoms with Crippen LogP contribution in [0.1, 0.15) is 35.6 Å². The fourth-order valence-corrected chi connectivity index (χ4v) is 4.79. The number of benzene rings is 1. The van der Waals surface area contributed by atoms with E-state index >= 15 is 0 Å². The van der Waals surface area contributed by atoms with Gasteiger partial charge in [-0.05, 0) is 36.6 Å². The van der Waals surface area contributed by atoms with Gasteiger partial charge in [-0.1, -0.05) is 12.1 Å². The second kappa shape index (κ2) is 7.03. The summed E-state index contributed by atoms with van der Waals surface area (Å²) in [6, 6.07) is 6.16. The van der Waals surface area contributed by atoms with E-state index in [1.54, 1.807) is 4.68 Å². The van der Waals surface area contributed by atoms with Crippen LogP contribution in [0.5, 0.6) is 0 Å². The Balaban J connectivity index is 1.71. The SMILES string of the molecule is Cn1ccc([C@H]2CCCN(S(=O)(=O)Cc3ccc(C(F)(F)F)cc3)C2)n1. The summed E-state index contributed by atoms with van der Waals surface area (Å²) in [6.07, 6.45) is -1.01. The van der Waals surface area contributed by atoms with E-state index in [4.69, 9.17) is 0 Å². The van der Waals surface area contributed by atoms with Gasteiger partial charge in [0.05, 0.1) is 17.0 Å². The summed E-state index contributed by atoms with van der Waals surface area (Å²) in [6.45, 7) is 0.770. The summed E-state index contributed by atoms with van der Waals surface area (Å²) in [5, 5.41) is 4.36. The van der Waals surface area contributed by atoms with Crippen molar-refractivity contribution in [1.82, 2.24) is 14.1 Å². The van der Waals surface area contributed by atoms with Crippen LogP contribution in [0, 0.1) is 0 Å². The van der Waals surface area contributed by atoms with Gasteiger partial charge >= 0.3 is 6.18 Å². The highest BCUT2D eigenvalue weighted by atomic mass is 32.2. The molecule has 0 spiro atoms. The maximum absolute atomic E-state index is 12.7. The number of rotatable bonds is 4. The molecule has 5 nitrogen and oxygen atoms in total. The fraction of sp³-hybridized carbons (Fsp3) is 0.471. The molecule has 0 N–H and O–H groups in total. The molecule has 2 heterocycles. The zero-order valence-electron chi connectivity index (χ0n) is 14.3. The number of sulfonamides is 1. The smallest absolute Gasteiger partial charge is 0.276 e. The summed E-state index contributed by atoms with van der Waals surface area (Å²) in [4.78, 5) is 0. The molecule has 9 heteroatoms. The molecule has 2 aromatic rings. The van der Waals surface area contributed by atoms with Crippen LogP contribution in [0.2, 0.25) is 0 Å². The van der Waals surface area contributed by atoms with Gasteiger partial charge in [-0.3, -0.25) is 4.68 Å². The number of halogens is 3. The maximum Gasteiger partial charge on any atom is 0.416 e. The molecule has 0 radical (unpaired) electrons. The highest BCUT2D eigenvalue weighted by molar-refractivity contribution is 7.88. The van der Waals surface area contributed by atoms with Crippen molar-refractivity contribution in [2.45, 2.75) is 30.7 Å². The average molecular weight is 387 g/mol. The minimum absolute atomic E-state index is 0.0346. The van der Waals surface area contributed by atoms with E-state index in [1.807, 2.05) is 19.3 Å². The van der Waals surface area contributed by atoms with Crippen LogP contribution in [0.15, 0.2) is 36.5 Å². The van der Waals surface area contributed by atoms with Gasteiger partial charge in [0.15, 0.2) is 0 Å². The molecule has 1 fully saturated rings. The summed E-state index contributed by atoms with van der Waals surface area (Å²) < 4.78 is 66.4. The van der Waals surface area contributed by atoms with Crippen LogP contribution in [0.3, 0.4) is 0 Å². The molecule has 1 aliphatic heterocycles. The Bertz CT molecular complexity index is 860. The van der Waals surface area contributed by atoms with Crippen LogP contribution < -0.4 is 0 Å². The molecule has 0 bridgehead atoms. The predicted octanol–water partition coefficient (Wildman–Crippen LogP) is 3.15. The Labute approximate surface area is 150 Å². The molecule has 1 atom stereocenters. The van der Waals surface area contributed by atoms with Gasteiger partial charge in [0.1, 0.15) is 0 Å². The first-order chi connectivity index (χ1) is 12.1. The first-order valence-corrected chi connectivity index (χ1v) is 9.89. The summed E-state index contributed by atoms with van der Waals surface area (Å²) in [7, 11) is -1.79. The lowest BCUT2D eigenvalue weighted by molar-refractivity contribution is -0.137. The topological polar surface area (TPSA) is 55.2 Å². The van der Waals surface area contributed by atoms with Crippen LogP contribution in [-0.2, 0) is 29.0 Å². The van der Waals surface area contributed by atoms with Crippen LogP contribution in [-0.4, -0.2) is 35.6 Å². The van der Waals surface area contributed by atoms with Crippen LogP contribution in [0.25, 0.3) is 0 Å². The lowest BCUT2D eigenvalue weighted by atomic mass is 9.96. The molecule has 1 aromatic carbocycles. The zero-order valence-corrected chi connectivity index (χ0v) is 15.1. The quantitative estimate of drug-likeness (QED) is 0.810. The van der Waals surface area contributed by atoms with Gasteiger partial charge in [0.25, 0.3) is 0 Å². The third kappa shape index (κ3) is 4.27. The van der Waals surface area contributed by atoms with Crippen molar-refractivity contribution in [3.8, 4) is 0 Å². The van der Waals surface area contributed by atoms with Crippen molar-refractivity contribution in [2.24, 2.45) is 7.05 Å². The van der Waals surface area contributed by atoms with Crippen LogP contribution >= 0.6 is 0 Å². The molecule has 0 amide bonds. The second-order valence-corrected chi connectivity index (χ2v) is 8.53. The monoisotopic (exact) mass is 387 g/mol. The van der Waals surface area contributed by atoms with Gasteiger partial charge in [-0.25, -0.2) is 12.7 Å². The summed E-state index contributed by atoms with van der Waals surface area (Å²) >= 11 is 0. The zero-order chi connectivity index (χ0) is 18.9. The highest BCUT2D eigenvalue weighted by Gasteiger charge is 2.32. The molecule has 1 aromatic heterocycles. The Morgan fingerprint density at radius 3 is 2.46 bits per heavy atom. The summed E-state index contributed by atoms with van der Waals surface area (Å²) in [5.41, 5.74) is 0.423. The van der Waals surface area contributed by atoms with E-state index in [-0.39, 0.29) is 11.7 Å². The standard InChI is InChI=1S/C17H20F3N3O2S/c1-22-10-8-16(21-22)14-3-2-9-23(11-14)26(24,25)12-13-4-6-15(7-5-13)17(18,19)20/h4-8,10,14H,2-3,9,11-12H2,1H3/t14-/m0/s1. The predicted molar refractivity (Wildman–Crippen MR) is 90.8 cm³/mol. The van der Waals surface area contributed by atoms with Crippen molar-refractivity contribution < 1.29 is 21.6 Å². The third-order valence-electron chi connectivity index (χ3n) is 4.56. The minimum atomic E-state index is -4.43. The Kier molecular flexibility index (Phi) is 5.12. The molecular formula is C17H20F3N3O2S. The van der Waals surface area contributed by atoms with Crippen molar-refractivity contribution in [3.63, 3.8) is 0 Å². The molecule has 1 aliphatic rings. The van der Waals surface area contributed by atoms with Crippen LogP contribution in [0.4, 0.5) is 13.2 Å². The molecule has 3 rings (SSSR count). The molecule has 1 saturated heterocycles. The molecule has 0 saturated carbocycles. The molecule has 0 aliphatic carbocycles. The number of hydrogen-bond donors (Lipinski definition) is 0. The molecule has 0 unspecified atom stereocenters. The largest absolute Gasteiger partial charge is 0.416 e. The number of alkyl halides is 3. The Morgan fingerprint density at radius 1 is 1.19 bits per heavy atom. The van der Waals surface area contributed by atoms with Gasteiger partial charge < -0.3 is 0 Å².